The number of carbonyl (C=O) groups is 4. The first-order valence-electron chi connectivity index (χ1n) is 40.3. The van der Waals surface area contributed by atoms with Crippen molar-refractivity contribution in [2.24, 2.45) is 0 Å². The van der Waals surface area contributed by atoms with E-state index in [0.717, 1.165) is 186 Å². The van der Waals surface area contributed by atoms with Gasteiger partial charge in [0, 0.05) is 25.7 Å². The van der Waals surface area contributed by atoms with Crippen LogP contribution in [-0.2, 0) is 65.4 Å². The van der Waals surface area contributed by atoms with Gasteiger partial charge in [-0.15, -0.1) is 0 Å². The van der Waals surface area contributed by atoms with Gasteiger partial charge in [0.1, 0.15) is 19.3 Å². The van der Waals surface area contributed by atoms with E-state index in [9.17, 15) is 43.2 Å². The van der Waals surface area contributed by atoms with Crippen LogP contribution in [0.1, 0.15) is 272 Å². The molecule has 0 aliphatic heterocycles. The van der Waals surface area contributed by atoms with E-state index < -0.39 is 97.5 Å². The summed E-state index contributed by atoms with van der Waals surface area (Å²) in [5.74, 6) is -2.37. The third-order valence-corrected chi connectivity index (χ3v) is 17.6. The van der Waals surface area contributed by atoms with Crippen molar-refractivity contribution in [1.29, 1.82) is 0 Å². The molecule has 0 saturated heterocycles. The molecule has 0 saturated carbocycles. The Kier molecular flexibility index (Phi) is 74.1. The second kappa shape index (κ2) is 78.8. The smallest absolute Gasteiger partial charge is 0.462 e. The number of unbranched alkanes of at least 4 members (excludes halogenated alkanes) is 13. The molecule has 0 aliphatic rings. The van der Waals surface area contributed by atoms with Gasteiger partial charge >= 0.3 is 39.5 Å². The second-order valence-corrected chi connectivity index (χ2v) is 28.7. The Hall–Kier alpha value is -6.36. The summed E-state index contributed by atoms with van der Waals surface area (Å²) in [4.78, 5) is 73.1. The third-order valence-electron chi connectivity index (χ3n) is 15.7. The Morgan fingerprint density at radius 3 is 0.759 bits per heavy atom. The largest absolute Gasteiger partial charge is 0.472 e. The molecule has 0 aliphatic carbocycles. The van der Waals surface area contributed by atoms with Gasteiger partial charge in [0.05, 0.1) is 26.4 Å². The number of phosphoric ester groups is 2. The number of carbonyl (C=O) groups excluding carboxylic acids is 4. The van der Waals surface area contributed by atoms with Crippen LogP contribution < -0.4 is 0 Å². The van der Waals surface area contributed by atoms with Crippen molar-refractivity contribution < 1.29 is 80.2 Å². The minimum atomic E-state index is -5.02. The van der Waals surface area contributed by atoms with Crippen LogP contribution in [0.4, 0.5) is 0 Å². The number of esters is 4. The fourth-order valence-corrected chi connectivity index (χ4v) is 11.3. The summed E-state index contributed by atoms with van der Waals surface area (Å²) < 4.78 is 68.5. The summed E-state index contributed by atoms with van der Waals surface area (Å²) >= 11 is 0. The van der Waals surface area contributed by atoms with E-state index in [-0.39, 0.29) is 25.7 Å². The Labute approximate surface area is 652 Å². The van der Waals surface area contributed by atoms with E-state index in [2.05, 4.69) is 216 Å². The van der Waals surface area contributed by atoms with Gasteiger partial charge in [0.25, 0.3) is 0 Å². The highest BCUT2D eigenvalue weighted by molar-refractivity contribution is 7.47. The van der Waals surface area contributed by atoms with E-state index >= 15 is 0 Å². The standard InChI is InChI=1S/C89H140O17P2/c1-5-9-13-17-21-25-29-33-37-39-41-43-47-50-54-58-62-66-70-74-87(92)100-80-85(106-89(94)76-72-68-64-60-56-52-48-44-42-40-38-34-30-26-22-18-14-10-6-2)82-104-108(97,98)102-78-83(90)77-101-107(95,96)103-81-84(105-88(93)75-71-67-63-59-55-51-46-36-32-28-24-20-16-12-8-4)79-99-86(91)73-69-65-61-57-53-49-45-35-31-27-23-19-15-11-7-3/h9-16,21-28,33-38,41-46,50,52,54,56,62,66,83-85,90H,5-8,17-20,29-32,39-40,47-49,51,53,55,57-61,63-65,67-82H2,1-4H3,(H,95,96)(H,97,98)/b13-9-,14-10-,15-11-,16-12-,25-21-,26-22-,27-23-,28-24-,37-33-,38-34-,43-41-,44-42-,45-35-,46-36-,54-50-,56-52-,66-62-. The summed E-state index contributed by atoms with van der Waals surface area (Å²) in [5.41, 5.74) is 0. The molecular formula is C89H140O17P2. The number of rotatable bonds is 73. The van der Waals surface area contributed by atoms with Gasteiger partial charge < -0.3 is 33.8 Å². The molecule has 108 heavy (non-hydrogen) atoms. The van der Waals surface area contributed by atoms with Gasteiger partial charge in [0.2, 0.25) is 0 Å². The predicted molar refractivity (Wildman–Crippen MR) is 445 cm³/mol. The van der Waals surface area contributed by atoms with E-state index in [1.807, 2.05) is 18.2 Å². The number of hydrogen-bond acceptors (Lipinski definition) is 15. The number of hydrogen-bond donors (Lipinski definition) is 3. The van der Waals surface area contributed by atoms with Crippen LogP contribution >= 0.6 is 15.6 Å². The summed E-state index contributed by atoms with van der Waals surface area (Å²) in [7, 11) is -10.0. The molecule has 0 amide bonds. The zero-order valence-electron chi connectivity index (χ0n) is 66.4. The van der Waals surface area contributed by atoms with Gasteiger partial charge in [-0.05, 0) is 173 Å². The Balaban J connectivity index is 5.53. The van der Waals surface area contributed by atoms with Crippen LogP contribution in [-0.4, -0.2) is 96.7 Å². The number of aliphatic hydroxyl groups excluding tert-OH is 1. The third kappa shape index (κ3) is 77.8. The van der Waals surface area contributed by atoms with Gasteiger partial charge in [-0.3, -0.25) is 37.3 Å². The Morgan fingerprint density at radius 1 is 0.259 bits per heavy atom. The van der Waals surface area contributed by atoms with Crippen molar-refractivity contribution in [1.82, 2.24) is 0 Å². The van der Waals surface area contributed by atoms with E-state index in [1.165, 1.54) is 0 Å². The van der Waals surface area contributed by atoms with Gasteiger partial charge in [-0.1, -0.05) is 279 Å². The molecule has 17 nitrogen and oxygen atoms in total. The molecule has 19 heteroatoms. The summed E-state index contributed by atoms with van der Waals surface area (Å²) in [6.45, 7) is 4.23. The minimum absolute atomic E-state index is 0.0191. The second-order valence-electron chi connectivity index (χ2n) is 25.8. The van der Waals surface area contributed by atoms with Gasteiger partial charge in [0.15, 0.2) is 12.2 Å². The number of ether oxygens (including phenoxy) is 4. The minimum Gasteiger partial charge on any atom is -0.462 e. The molecule has 0 fully saturated rings. The van der Waals surface area contributed by atoms with Crippen LogP contribution in [0.5, 0.6) is 0 Å². The highest BCUT2D eigenvalue weighted by Gasteiger charge is 2.30. The van der Waals surface area contributed by atoms with Crippen LogP contribution in [0.3, 0.4) is 0 Å². The molecule has 0 aromatic heterocycles. The van der Waals surface area contributed by atoms with Crippen LogP contribution in [0, 0.1) is 0 Å². The normalized spacial score (nSPS) is 14.9. The molecule has 3 N–H and O–H groups in total. The molecule has 0 aromatic carbocycles. The lowest BCUT2D eigenvalue weighted by molar-refractivity contribution is -0.161. The van der Waals surface area contributed by atoms with Crippen molar-refractivity contribution in [3.05, 3.63) is 207 Å². The summed E-state index contributed by atoms with van der Waals surface area (Å²) in [6.07, 6.45) is 98.2. The van der Waals surface area contributed by atoms with Crippen molar-refractivity contribution in [2.75, 3.05) is 39.6 Å². The summed E-state index contributed by atoms with van der Waals surface area (Å²) in [5, 5.41) is 10.7. The van der Waals surface area contributed by atoms with Crippen LogP contribution in [0.15, 0.2) is 207 Å². The summed E-state index contributed by atoms with van der Waals surface area (Å²) in [6, 6.07) is 0. The lowest BCUT2D eigenvalue weighted by atomic mass is 10.1. The van der Waals surface area contributed by atoms with Crippen LogP contribution in [0.25, 0.3) is 0 Å². The van der Waals surface area contributed by atoms with Crippen molar-refractivity contribution >= 4 is 39.5 Å². The maximum atomic E-state index is 13.1. The van der Waals surface area contributed by atoms with Crippen molar-refractivity contribution in [2.45, 2.75) is 290 Å². The molecule has 5 unspecified atom stereocenters. The quantitative estimate of drug-likeness (QED) is 0.0169. The Bertz CT molecular complexity index is 2860. The molecule has 608 valence electrons. The predicted octanol–water partition coefficient (Wildman–Crippen LogP) is 23.9. The number of allylic oxidation sites excluding steroid dienone is 34. The molecular weight excluding hydrogens is 1400 g/mol. The molecule has 5 atom stereocenters. The average Bonchev–Trinajstić information content (AvgIpc) is 0.896. The molecule has 0 bridgehead atoms. The first kappa shape index (κ1) is 102. The maximum Gasteiger partial charge on any atom is 0.472 e. The fourth-order valence-electron chi connectivity index (χ4n) is 9.77. The molecule has 0 rings (SSSR count). The van der Waals surface area contributed by atoms with E-state index in [0.29, 0.717) is 32.1 Å². The maximum absolute atomic E-state index is 13.1. The SMILES string of the molecule is CC/C=C\C/C=C\C/C=C\C/C=C\C/C=C\C/C=C\CCC(=O)OCC(COP(=O)(O)OCC(O)COP(=O)(O)OCC(COC(=O)CCCCCCC/C=C\C/C=C\C/C=C\CC)OC(=O)CCCCCCC/C=C\C/C=C\C/C=C\CC)OC(=O)CCCCC/C=C\C/C=C\C/C=C\C/C=C\C/C=C\CC. The van der Waals surface area contributed by atoms with Crippen molar-refractivity contribution in [3.63, 3.8) is 0 Å². The van der Waals surface area contributed by atoms with Crippen LogP contribution in [0.2, 0.25) is 0 Å². The lowest BCUT2D eigenvalue weighted by Gasteiger charge is -2.21. The zero-order chi connectivity index (χ0) is 78.9. The van der Waals surface area contributed by atoms with Gasteiger partial charge in [-0.2, -0.15) is 0 Å². The number of aliphatic hydroxyl groups is 1. The topological polar surface area (TPSA) is 237 Å². The monoisotopic (exact) mass is 1540 g/mol. The zero-order valence-corrected chi connectivity index (χ0v) is 68.2. The van der Waals surface area contributed by atoms with Gasteiger partial charge in [-0.25, -0.2) is 9.13 Å². The number of phosphoric acid groups is 2. The molecule has 0 radical (unpaired) electrons. The highest BCUT2D eigenvalue weighted by atomic mass is 31.2. The first-order chi connectivity index (χ1) is 52.7. The van der Waals surface area contributed by atoms with E-state index in [4.69, 9.17) is 37.0 Å². The van der Waals surface area contributed by atoms with Crippen molar-refractivity contribution in [3.8, 4) is 0 Å². The average molecular weight is 1540 g/mol. The molecule has 0 aromatic rings. The van der Waals surface area contributed by atoms with E-state index in [1.54, 1.807) is 0 Å². The Morgan fingerprint density at radius 2 is 0.472 bits per heavy atom. The molecule has 0 spiro atoms. The molecule has 0 heterocycles. The first-order valence-corrected chi connectivity index (χ1v) is 43.3. The lowest BCUT2D eigenvalue weighted by Crippen LogP contribution is -2.30. The highest BCUT2D eigenvalue weighted by Crippen LogP contribution is 2.45. The fraction of sp³-hybridized carbons (Fsp3) is 0.573.